The molecular weight excluding hydrogens is 474 g/mol. The van der Waals surface area contributed by atoms with Gasteiger partial charge >= 0.3 is 5.97 Å². The van der Waals surface area contributed by atoms with Crippen molar-refractivity contribution >= 4 is 5.97 Å². The topological polar surface area (TPSA) is 70.0 Å². The Kier molecular flexibility index (Phi) is 9.24. The van der Waals surface area contributed by atoms with Gasteiger partial charge in [0.05, 0.1) is 18.6 Å². The van der Waals surface area contributed by atoms with E-state index in [0.29, 0.717) is 24.0 Å². The molecule has 1 fully saturated rings. The number of hydrogen-bond donors (Lipinski definition) is 2. The molecular formula is C33H41NO4. The predicted molar refractivity (Wildman–Crippen MR) is 151 cm³/mol. The molecule has 2 atom stereocenters. The number of rotatable bonds is 10. The van der Waals surface area contributed by atoms with Crippen LogP contribution in [0.5, 0.6) is 5.75 Å². The monoisotopic (exact) mass is 515 g/mol. The van der Waals surface area contributed by atoms with Crippen molar-refractivity contribution in [2.45, 2.75) is 57.0 Å². The number of nitrogens with zero attached hydrogens (tertiary/aromatic N) is 1. The number of hydrogen-bond acceptors (Lipinski definition) is 5. The van der Waals surface area contributed by atoms with Crippen molar-refractivity contribution in [3.05, 3.63) is 101 Å². The molecule has 1 heterocycles. The zero-order chi connectivity index (χ0) is 27.1. The number of aliphatic hydroxyl groups is 1. The number of aliphatic hydroxyl groups excluding tert-OH is 1. The van der Waals surface area contributed by atoms with Crippen LogP contribution in [-0.4, -0.2) is 47.8 Å². The number of benzene rings is 3. The summed E-state index contributed by atoms with van der Waals surface area (Å²) in [7, 11) is 1.40. The fraction of sp³-hybridized carbons (Fsp3) is 0.424. The molecule has 0 aliphatic carbocycles. The highest BCUT2D eigenvalue weighted by Gasteiger charge is 2.32. The molecule has 0 aromatic heterocycles. The summed E-state index contributed by atoms with van der Waals surface area (Å²) < 4.78 is 4.96. The first kappa shape index (κ1) is 27.9. The number of esters is 1. The molecule has 5 nitrogen and oxygen atoms in total. The summed E-state index contributed by atoms with van der Waals surface area (Å²) in [4.78, 5) is 14.7. The van der Waals surface area contributed by atoms with E-state index in [4.69, 9.17) is 4.74 Å². The number of methoxy groups -OCH3 is 1. The van der Waals surface area contributed by atoms with Crippen molar-refractivity contribution in [1.82, 2.24) is 4.90 Å². The van der Waals surface area contributed by atoms with E-state index in [9.17, 15) is 15.0 Å². The van der Waals surface area contributed by atoms with Crippen LogP contribution in [0.1, 0.15) is 73.8 Å². The first-order valence-corrected chi connectivity index (χ1v) is 13.7. The molecule has 1 aliphatic heterocycles. The van der Waals surface area contributed by atoms with E-state index in [0.717, 1.165) is 50.0 Å². The number of carbonyl (C=O) groups is 1. The van der Waals surface area contributed by atoms with Crippen LogP contribution in [0, 0.1) is 5.92 Å². The second-order valence-corrected chi connectivity index (χ2v) is 11.1. The van der Waals surface area contributed by atoms with E-state index < -0.39 is 11.5 Å². The molecule has 2 N–H and O–H groups in total. The lowest BCUT2D eigenvalue weighted by Crippen LogP contribution is -2.36. The Bertz CT molecular complexity index is 1170. The molecule has 0 saturated carbocycles. The highest BCUT2D eigenvalue weighted by atomic mass is 16.5. The molecule has 2 unspecified atom stereocenters. The lowest BCUT2D eigenvalue weighted by Gasteiger charge is -2.37. The Morgan fingerprint density at radius 2 is 1.58 bits per heavy atom. The van der Waals surface area contributed by atoms with Gasteiger partial charge in [0.1, 0.15) is 5.75 Å². The number of ether oxygens (including phenoxy) is 1. The summed E-state index contributed by atoms with van der Waals surface area (Å²) >= 11 is 0. The number of phenolic OH excluding ortho intramolecular Hbond substituents is 1. The zero-order valence-electron chi connectivity index (χ0n) is 22.8. The number of likely N-dealkylation sites (tertiary alicyclic amines) is 1. The molecule has 0 bridgehead atoms. The third-order valence-corrected chi connectivity index (χ3v) is 8.16. The summed E-state index contributed by atoms with van der Waals surface area (Å²) in [5, 5.41) is 20.7. The van der Waals surface area contributed by atoms with Gasteiger partial charge in [0, 0.05) is 5.92 Å². The van der Waals surface area contributed by atoms with Crippen molar-refractivity contribution in [3.8, 4) is 5.75 Å². The molecule has 202 valence electrons. The van der Waals surface area contributed by atoms with Crippen LogP contribution in [0.25, 0.3) is 0 Å². The maximum absolute atomic E-state index is 12.2. The van der Waals surface area contributed by atoms with Gasteiger partial charge in [0.15, 0.2) is 0 Å². The van der Waals surface area contributed by atoms with Crippen LogP contribution in [0.15, 0.2) is 78.9 Å². The van der Waals surface area contributed by atoms with E-state index >= 15 is 0 Å². The Labute approximate surface area is 227 Å². The largest absolute Gasteiger partial charge is 0.508 e. The van der Waals surface area contributed by atoms with E-state index in [1.165, 1.54) is 18.2 Å². The maximum Gasteiger partial charge on any atom is 0.315 e. The highest BCUT2D eigenvalue weighted by Crippen LogP contribution is 2.38. The average Bonchev–Trinajstić information content (AvgIpc) is 2.95. The Morgan fingerprint density at radius 3 is 2.24 bits per heavy atom. The average molecular weight is 516 g/mol. The smallest absolute Gasteiger partial charge is 0.315 e. The quantitative estimate of drug-likeness (QED) is 0.315. The minimum absolute atomic E-state index is 0.285. The summed E-state index contributed by atoms with van der Waals surface area (Å²) in [6, 6.07) is 26.1. The SMILES string of the molecule is COC(=O)C(C)(C)c1cccc(C(O)CCCN2CCC(C(c3ccccc3)c3ccc(O)cc3)CC2)c1. The number of aromatic hydroxyl groups is 1. The summed E-state index contributed by atoms with van der Waals surface area (Å²) in [5.74, 6) is 0.885. The lowest BCUT2D eigenvalue weighted by molar-refractivity contribution is -0.146. The molecule has 0 amide bonds. The van der Waals surface area contributed by atoms with Crippen LogP contribution >= 0.6 is 0 Å². The van der Waals surface area contributed by atoms with Crippen LogP contribution in [-0.2, 0) is 14.9 Å². The number of piperidine rings is 1. The summed E-state index contributed by atoms with van der Waals surface area (Å²) in [6.45, 7) is 6.75. The second-order valence-electron chi connectivity index (χ2n) is 11.1. The fourth-order valence-corrected chi connectivity index (χ4v) is 5.77. The number of carbonyl (C=O) groups excluding carboxylic acids is 1. The maximum atomic E-state index is 12.2. The van der Waals surface area contributed by atoms with Crippen molar-refractivity contribution in [1.29, 1.82) is 0 Å². The molecule has 1 aliphatic rings. The van der Waals surface area contributed by atoms with E-state index in [2.05, 4.69) is 47.4 Å². The van der Waals surface area contributed by atoms with Gasteiger partial charge in [-0.05, 0) is 99.5 Å². The van der Waals surface area contributed by atoms with Gasteiger partial charge in [0.25, 0.3) is 0 Å². The first-order valence-electron chi connectivity index (χ1n) is 13.7. The Morgan fingerprint density at radius 1 is 0.947 bits per heavy atom. The number of phenols is 1. The molecule has 4 rings (SSSR count). The first-order chi connectivity index (χ1) is 18.3. The van der Waals surface area contributed by atoms with Gasteiger partial charge in [-0.2, -0.15) is 0 Å². The van der Waals surface area contributed by atoms with Crippen LogP contribution in [0.4, 0.5) is 0 Å². The predicted octanol–water partition coefficient (Wildman–Crippen LogP) is 6.20. The van der Waals surface area contributed by atoms with Gasteiger partial charge < -0.3 is 19.8 Å². The second kappa shape index (κ2) is 12.6. The van der Waals surface area contributed by atoms with Gasteiger partial charge in [-0.15, -0.1) is 0 Å². The van der Waals surface area contributed by atoms with Crippen molar-refractivity contribution in [3.63, 3.8) is 0 Å². The highest BCUT2D eigenvalue weighted by molar-refractivity contribution is 5.82. The van der Waals surface area contributed by atoms with Gasteiger partial charge in [-0.1, -0.05) is 66.7 Å². The molecule has 3 aromatic carbocycles. The lowest BCUT2D eigenvalue weighted by atomic mass is 9.76. The van der Waals surface area contributed by atoms with Gasteiger partial charge in [-0.3, -0.25) is 4.79 Å². The van der Waals surface area contributed by atoms with Gasteiger partial charge in [-0.25, -0.2) is 0 Å². The third kappa shape index (κ3) is 6.64. The van der Waals surface area contributed by atoms with Crippen LogP contribution < -0.4 is 0 Å². The molecule has 38 heavy (non-hydrogen) atoms. The standard InChI is InChI=1S/C33H41NO4/c1-33(2,32(37)38-3)28-12-7-11-27(23-28)30(36)13-8-20-34-21-18-26(19-22-34)31(24-9-5-4-6-10-24)25-14-16-29(35)17-15-25/h4-7,9-12,14-17,23,26,30-31,35-36H,8,13,18-22H2,1-3H3. The molecule has 3 aromatic rings. The Hall–Kier alpha value is -3.15. The minimum Gasteiger partial charge on any atom is -0.508 e. The molecule has 0 spiro atoms. The molecule has 1 saturated heterocycles. The normalized spacial score (nSPS) is 16.6. The Balaban J connectivity index is 1.31. The van der Waals surface area contributed by atoms with Crippen LogP contribution in [0.3, 0.4) is 0 Å². The molecule has 5 heteroatoms. The van der Waals surface area contributed by atoms with Gasteiger partial charge in [0.2, 0.25) is 0 Å². The minimum atomic E-state index is -0.757. The van der Waals surface area contributed by atoms with Crippen molar-refractivity contribution in [2.24, 2.45) is 5.92 Å². The summed E-state index contributed by atoms with van der Waals surface area (Å²) in [6.07, 6.45) is 3.28. The van der Waals surface area contributed by atoms with E-state index in [1.54, 1.807) is 12.1 Å². The van der Waals surface area contributed by atoms with E-state index in [-0.39, 0.29) is 5.97 Å². The summed E-state index contributed by atoms with van der Waals surface area (Å²) in [5.41, 5.74) is 3.53. The van der Waals surface area contributed by atoms with Crippen molar-refractivity contribution in [2.75, 3.05) is 26.7 Å². The third-order valence-electron chi connectivity index (χ3n) is 8.16. The van der Waals surface area contributed by atoms with E-state index in [1.807, 2.05) is 38.1 Å². The zero-order valence-corrected chi connectivity index (χ0v) is 22.8. The fourth-order valence-electron chi connectivity index (χ4n) is 5.77. The van der Waals surface area contributed by atoms with Crippen molar-refractivity contribution < 1.29 is 19.7 Å². The molecule has 0 radical (unpaired) electrons. The van der Waals surface area contributed by atoms with Crippen LogP contribution in [0.2, 0.25) is 0 Å².